The van der Waals surface area contributed by atoms with Gasteiger partial charge in [0.2, 0.25) is 0 Å². The van der Waals surface area contributed by atoms with E-state index < -0.39 is 16.8 Å². The van der Waals surface area contributed by atoms with Crippen LogP contribution in [0.2, 0.25) is 10.0 Å². The van der Waals surface area contributed by atoms with Crippen molar-refractivity contribution in [2.75, 3.05) is 0 Å². The fourth-order valence-corrected chi connectivity index (χ4v) is 2.31. The molecular formula is C14H9Cl2F3. The predicted molar refractivity (Wildman–Crippen MR) is 70.7 cm³/mol. The average Bonchev–Trinajstić information content (AvgIpc) is 2.34. The van der Waals surface area contributed by atoms with Crippen molar-refractivity contribution in [3.63, 3.8) is 0 Å². The molecule has 0 nitrogen and oxygen atoms in total. The molecule has 0 saturated heterocycles. The fraction of sp³-hybridized carbons (Fsp3) is 0.143. The summed E-state index contributed by atoms with van der Waals surface area (Å²) in [5, 5.41) is -0.534. The van der Waals surface area contributed by atoms with Crippen molar-refractivity contribution >= 4 is 23.2 Å². The van der Waals surface area contributed by atoms with E-state index in [4.69, 9.17) is 23.2 Å². The third-order valence-electron chi connectivity index (χ3n) is 2.70. The van der Waals surface area contributed by atoms with Crippen LogP contribution in [0.25, 0.3) is 0 Å². The van der Waals surface area contributed by atoms with Gasteiger partial charge in [-0.1, -0.05) is 59.6 Å². The van der Waals surface area contributed by atoms with Crippen LogP contribution in [-0.2, 0) is 12.6 Å². The van der Waals surface area contributed by atoms with Crippen molar-refractivity contribution in [2.45, 2.75) is 12.6 Å². The Labute approximate surface area is 118 Å². The van der Waals surface area contributed by atoms with Crippen molar-refractivity contribution in [2.24, 2.45) is 0 Å². The number of rotatable bonds is 2. The van der Waals surface area contributed by atoms with Crippen molar-refractivity contribution < 1.29 is 13.2 Å². The molecule has 0 aliphatic heterocycles. The summed E-state index contributed by atoms with van der Waals surface area (Å²) in [7, 11) is 0. The molecule has 0 radical (unpaired) electrons. The van der Waals surface area contributed by atoms with E-state index in [1.807, 2.05) is 6.07 Å². The molecule has 100 valence electrons. The fourth-order valence-electron chi connectivity index (χ4n) is 1.86. The zero-order valence-corrected chi connectivity index (χ0v) is 11.2. The van der Waals surface area contributed by atoms with Crippen LogP contribution in [0.3, 0.4) is 0 Å². The zero-order valence-electron chi connectivity index (χ0n) is 9.64. The maximum absolute atomic E-state index is 13.0. The summed E-state index contributed by atoms with van der Waals surface area (Å²) in [6.45, 7) is 0. The Balaban J connectivity index is 2.49. The molecule has 2 rings (SSSR count). The SMILES string of the molecule is FC(F)(F)c1c(Cc2ccccc2)ccc(Cl)c1Cl. The molecule has 5 heteroatoms. The van der Waals surface area contributed by atoms with Crippen LogP contribution in [0.15, 0.2) is 42.5 Å². The van der Waals surface area contributed by atoms with Gasteiger partial charge < -0.3 is 0 Å². The maximum Gasteiger partial charge on any atom is 0.418 e. The van der Waals surface area contributed by atoms with Gasteiger partial charge in [-0.3, -0.25) is 0 Å². The molecule has 0 saturated carbocycles. The Kier molecular flexibility index (Phi) is 4.07. The molecule has 0 N–H and O–H groups in total. The van der Waals surface area contributed by atoms with E-state index in [1.54, 1.807) is 24.3 Å². The third-order valence-corrected chi connectivity index (χ3v) is 3.51. The molecule has 0 atom stereocenters. The number of hydrogen-bond donors (Lipinski definition) is 0. The van der Waals surface area contributed by atoms with Gasteiger partial charge in [-0.2, -0.15) is 13.2 Å². The zero-order chi connectivity index (χ0) is 14.0. The molecular weight excluding hydrogens is 296 g/mol. The number of benzene rings is 2. The highest BCUT2D eigenvalue weighted by Crippen LogP contribution is 2.41. The molecule has 19 heavy (non-hydrogen) atoms. The Morgan fingerprint density at radius 2 is 1.53 bits per heavy atom. The van der Waals surface area contributed by atoms with Gasteiger partial charge in [0.15, 0.2) is 0 Å². The van der Waals surface area contributed by atoms with Crippen LogP contribution in [-0.4, -0.2) is 0 Å². The van der Waals surface area contributed by atoms with E-state index in [0.29, 0.717) is 0 Å². The van der Waals surface area contributed by atoms with Gasteiger partial charge in [0, 0.05) is 0 Å². The van der Waals surface area contributed by atoms with Crippen molar-refractivity contribution in [3.05, 3.63) is 69.2 Å². The third kappa shape index (κ3) is 3.23. The van der Waals surface area contributed by atoms with E-state index >= 15 is 0 Å². The lowest BCUT2D eigenvalue weighted by atomic mass is 9.99. The second kappa shape index (κ2) is 5.43. The number of alkyl halides is 3. The molecule has 0 bridgehead atoms. The Hall–Kier alpha value is -1.19. The first-order valence-corrected chi connectivity index (χ1v) is 6.23. The Bertz CT molecular complexity index is 577. The van der Waals surface area contributed by atoms with Gasteiger partial charge in [0.1, 0.15) is 0 Å². The quantitative estimate of drug-likeness (QED) is 0.677. The van der Waals surface area contributed by atoms with Gasteiger partial charge in [0.25, 0.3) is 0 Å². The normalized spacial score (nSPS) is 11.6. The maximum atomic E-state index is 13.0. The van der Waals surface area contributed by atoms with Crippen molar-refractivity contribution in [1.82, 2.24) is 0 Å². The van der Waals surface area contributed by atoms with E-state index in [0.717, 1.165) is 5.56 Å². The van der Waals surface area contributed by atoms with Crippen molar-refractivity contribution in [1.29, 1.82) is 0 Å². The van der Waals surface area contributed by atoms with Gasteiger partial charge in [-0.05, 0) is 23.6 Å². The van der Waals surface area contributed by atoms with Gasteiger partial charge in [0.05, 0.1) is 15.6 Å². The molecule has 2 aromatic rings. The Morgan fingerprint density at radius 3 is 2.11 bits per heavy atom. The van der Waals surface area contributed by atoms with Crippen LogP contribution < -0.4 is 0 Å². The second-order valence-corrected chi connectivity index (χ2v) is 4.84. The summed E-state index contributed by atoms with van der Waals surface area (Å²) in [5.41, 5.74) is 0.0463. The topological polar surface area (TPSA) is 0 Å². The number of hydrogen-bond acceptors (Lipinski definition) is 0. The highest BCUT2D eigenvalue weighted by Gasteiger charge is 2.36. The minimum atomic E-state index is -4.52. The highest BCUT2D eigenvalue weighted by molar-refractivity contribution is 6.42. The van der Waals surface area contributed by atoms with E-state index in [2.05, 4.69) is 0 Å². The molecule has 0 heterocycles. The molecule has 0 fully saturated rings. The highest BCUT2D eigenvalue weighted by atomic mass is 35.5. The smallest absolute Gasteiger partial charge is 0.166 e. The van der Waals surface area contributed by atoms with Crippen LogP contribution in [0.5, 0.6) is 0 Å². The first-order valence-electron chi connectivity index (χ1n) is 5.47. The lowest BCUT2D eigenvalue weighted by Gasteiger charge is -2.15. The van der Waals surface area contributed by atoms with E-state index in [-0.39, 0.29) is 17.0 Å². The second-order valence-electron chi connectivity index (χ2n) is 4.06. The first-order chi connectivity index (χ1) is 8.89. The monoisotopic (exact) mass is 304 g/mol. The summed E-state index contributed by atoms with van der Waals surface area (Å²) in [5.74, 6) is 0. The molecule has 2 aromatic carbocycles. The van der Waals surface area contributed by atoms with Crippen molar-refractivity contribution in [3.8, 4) is 0 Å². The molecule has 0 aliphatic rings. The minimum Gasteiger partial charge on any atom is -0.166 e. The van der Waals surface area contributed by atoms with Gasteiger partial charge >= 0.3 is 6.18 Å². The summed E-state index contributed by atoms with van der Waals surface area (Å²) in [6.07, 6.45) is -4.36. The minimum absolute atomic E-state index is 0.0918. The summed E-state index contributed by atoms with van der Waals surface area (Å²) >= 11 is 11.4. The predicted octanol–water partition coefficient (Wildman–Crippen LogP) is 5.60. The van der Waals surface area contributed by atoms with Gasteiger partial charge in [-0.15, -0.1) is 0 Å². The summed E-state index contributed by atoms with van der Waals surface area (Å²) < 4.78 is 39.1. The van der Waals surface area contributed by atoms with Crippen LogP contribution >= 0.6 is 23.2 Å². The van der Waals surface area contributed by atoms with Gasteiger partial charge in [-0.25, -0.2) is 0 Å². The van der Waals surface area contributed by atoms with E-state index in [9.17, 15) is 13.2 Å². The standard InChI is InChI=1S/C14H9Cl2F3/c15-11-7-6-10(8-9-4-2-1-3-5-9)12(13(11)16)14(17,18)19/h1-7H,8H2. The number of halogens is 5. The van der Waals surface area contributed by atoms with Crippen LogP contribution in [0, 0.1) is 0 Å². The first kappa shape index (κ1) is 14.2. The Morgan fingerprint density at radius 1 is 0.895 bits per heavy atom. The average molecular weight is 305 g/mol. The van der Waals surface area contributed by atoms with Crippen LogP contribution in [0.1, 0.15) is 16.7 Å². The van der Waals surface area contributed by atoms with E-state index in [1.165, 1.54) is 12.1 Å². The molecule has 0 aliphatic carbocycles. The lowest BCUT2D eigenvalue weighted by Crippen LogP contribution is -2.11. The van der Waals surface area contributed by atoms with Crippen LogP contribution in [0.4, 0.5) is 13.2 Å². The lowest BCUT2D eigenvalue weighted by molar-refractivity contribution is -0.138. The molecule has 0 aromatic heterocycles. The summed E-state index contributed by atoms with van der Waals surface area (Å²) in [6, 6.07) is 11.6. The molecule has 0 amide bonds. The summed E-state index contributed by atoms with van der Waals surface area (Å²) in [4.78, 5) is 0. The largest absolute Gasteiger partial charge is 0.418 e. The molecule has 0 spiro atoms. The molecule has 0 unspecified atom stereocenters.